The fourth-order valence-corrected chi connectivity index (χ4v) is 3.68. The largest absolute Gasteiger partial charge is 0.315 e. The van der Waals surface area contributed by atoms with Gasteiger partial charge in [-0.05, 0) is 42.8 Å². The van der Waals surface area contributed by atoms with Crippen LogP contribution in [0.4, 0.5) is 0 Å². The van der Waals surface area contributed by atoms with E-state index in [4.69, 9.17) is 23.2 Å². The maximum Gasteiger partial charge on any atom is 0.264 e. The summed E-state index contributed by atoms with van der Waals surface area (Å²) in [5.74, 6) is 0. The molecular weight excluding hydrogens is 385 g/mol. The van der Waals surface area contributed by atoms with Gasteiger partial charge in [-0.2, -0.15) is 0 Å². The third kappa shape index (κ3) is 3.13. The molecule has 27 heavy (non-hydrogen) atoms. The molecule has 4 aromatic rings. The van der Waals surface area contributed by atoms with E-state index in [1.165, 1.54) is 4.57 Å². The molecule has 7 heteroatoms. The van der Waals surface area contributed by atoms with Crippen molar-refractivity contribution in [3.63, 3.8) is 0 Å². The lowest BCUT2D eigenvalue weighted by atomic mass is 10.2. The summed E-state index contributed by atoms with van der Waals surface area (Å²) in [4.78, 5) is 30.2. The molecule has 0 unspecified atom stereocenters. The van der Waals surface area contributed by atoms with Gasteiger partial charge in [0.1, 0.15) is 0 Å². The summed E-state index contributed by atoms with van der Waals surface area (Å²) in [5.41, 5.74) is 1.22. The van der Waals surface area contributed by atoms with E-state index in [2.05, 4.69) is 4.98 Å². The van der Waals surface area contributed by atoms with Crippen LogP contribution >= 0.6 is 23.2 Å². The van der Waals surface area contributed by atoms with Crippen LogP contribution in [0.3, 0.4) is 0 Å². The van der Waals surface area contributed by atoms with E-state index in [-0.39, 0.29) is 11.1 Å². The van der Waals surface area contributed by atoms with Gasteiger partial charge in [0.15, 0.2) is 0 Å². The highest BCUT2D eigenvalue weighted by molar-refractivity contribution is 6.34. The van der Waals surface area contributed by atoms with Gasteiger partial charge in [-0.25, -0.2) is 4.98 Å². The number of hydrogen-bond donors (Lipinski definition) is 0. The molecule has 0 bridgehead atoms. The molecule has 1 aromatic carbocycles. The fourth-order valence-electron chi connectivity index (χ4n) is 3.16. The first-order chi connectivity index (χ1) is 13.0. The summed E-state index contributed by atoms with van der Waals surface area (Å²) in [7, 11) is 0. The summed E-state index contributed by atoms with van der Waals surface area (Å²) >= 11 is 12.1. The number of pyridine rings is 3. The van der Waals surface area contributed by atoms with E-state index in [0.29, 0.717) is 44.1 Å². The Kier molecular flexibility index (Phi) is 4.50. The van der Waals surface area contributed by atoms with Gasteiger partial charge in [0.2, 0.25) is 0 Å². The number of benzene rings is 1. The molecule has 0 spiro atoms. The Balaban J connectivity index is 2.01. The molecule has 3 heterocycles. The number of aryl methyl sites for hydroxylation is 1. The lowest BCUT2D eigenvalue weighted by Crippen LogP contribution is -2.21. The molecule has 3 aromatic heterocycles. The zero-order valence-electron chi connectivity index (χ0n) is 14.4. The predicted molar refractivity (Wildman–Crippen MR) is 109 cm³/mol. The zero-order chi connectivity index (χ0) is 19.1. The van der Waals surface area contributed by atoms with Crippen LogP contribution in [0.5, 0.6) is 0 Å². The van der Waals surface area contributed by atoms with Crippen molar-refractivity contribution in [3.8, 4) is 5.69 Å². The topological polar surface area (TPSA) is 56.9 Å². The number of rotatable bonds is 3. The Morgan fingerprint density at radius 1 is 0.889 bits per heavy atom. The van der Waals surface area contributed by atoms with Gasteiger partial charge in [0, 0.05) is 29.0 Å². The number of halogens is 2. The zero-order valence-corrected chi connectivity index (χ0v) is 16.0. The van der Waals surface area contributed by atoms with Gasteiger partial charge < -0.3 is 4.57 Å². The Labute approximate surface area is 164 Å². The molecule has 0 saturated heterocycles. The molecule has 0 N–H and O–H groups in total. The molecular formula is C20H15Cl2N3O2. The average Bonchev–Trinajstić information content (AvgIpc) is 2.63. The standard InChI is InChI=1S/C20H15Cl2N3O2/c1-2-5-24-6-3-17-15(19(24)26)11-16-18(23-17)4-7-25(20(16)27)14-9-12(21)8-13(22)10-14/h3-4,6-11H,2,5H2,1H3. The van der Waals surface area contributed by atoms with Crippen molar-refractivity contribution >= 4 is 45.0 Å². The molecule has 0 radical (unpaired) electrons. The van der Waals surface area contributed by atoms with Crippen molar-refractivity contribution in [1.29, 1.82) is 0 Å². The molecule has 136 valence electrons. The quantitative estimate of drug-likeness (QED) is 0.479. The second-order valence-electron chi connectivity index (χ2n) is 6.29. The van der Waals surface area contributed by atoms with E-state index in [1.807, 2.05) is 6.92 Å². The van der Waals surface area contributed by atoms with Crippen molar-refractivity contribution in [1.82, 2.24) is 14.1 Å². The van der Waals surface area contributed by atoms with E-state index >= 15 is 0 Å². The molecule has 4 rings (SSSR count). The predicted octanol–water partition coefficient (Wildman–Crippen LogP) is 4.42. The summed E-state index contributed by atoms with van der Waals surface area (Å²) in [6, 6.07) is 10.1. The maximum absolute atomic E-state index is 13.0. The van der Waals surface area contributed by atoms with Crippen LogP contribution in [0.15, 0.2) is 58.4 Å². The smallest absolute Gasteiger partial charge is 0.264 e. The normalized spacial score (nSPS) is 11.4. The highest BCUT2D eigenvalue weighted by Gasteiger charge is 2.11. The van der Waals surface area contributed by atoms with Gasteiger partial charge in [0.05, 0.1) is 27.5 Å². The average molecular weight is 400 g/mol. The minimum atomic E-state index is -0.287. The highest BCUT2D eigenvalue weighted by atomic mass is 35.5. The van der Waals surface area contributed by atoms with E-state index in [0.717, 1.165) is 6.42 Å². The van der Waals surface area contributed by atoms with Gasteiger partial charge >= 0.3 is 0 Å². The Morgan fingerprint density at radius 3 is 2.19 bits per heavy atom. The van der Waals surface area contributed by atoms with Gasteiger partial charge in [-0.15, -0.1) is 0 Å². The summed E-state index contributed by atoms with van der Waals surface area (Å²) < 4.78 is 3.08. The monoisotopic (exact) mass is 399 g/mol. The summed E-state index contributed by atoms with van der Waals surface area (Å²) in [5, 5.41) is 1.66. The first-order valence-corrected chi connectivity index (χ1v) is 9.25. The summed E-state index contributed by atoms with van der Waals surface area (Å²) in [6.45, 7) is 2.62. The minimum absolute atomic E-state index is 0.149. The van der Waals surface area contributed by atoms with Crippen LogP contribution in [0.25, 0.3) is 27.5 Å². The maximum atomic E-state index is 13.0. The van der Waals surface area contributed by atoms with Gasteiger partial charge in [-0.1, -0.05) is 30.1 Å². The first kappa shape index (κ1) is 17.8. The molecule has 0 aliphatic heterocycles. The second kappa shape index (κ2) is 6.83. The minimum Gasteiger partial charge on any atom is -0.315 e. The number of aromatic nitrogens is 3. The Morgan fingerprint density at radius 2 is 1.52 bits per heavy atom. The van der Waals surface area contributed by atoms with Crippen LogP contribution < -0.4 is 11.1 Å². The number of nitrogens with zero attached hydrogens (tertiary/aromatic N) is 3. The van der Waals surface area contributed by atoms with Crippen LogP contribution in [-0.4, -0.2) is 14.1 Å². The van der Waals surface area contributed by atoms with Crippen LogP contribution in [0.1, 0.15) is 13.3 Å². The van der Waals surface area contributed by atoms with Crippen molar-refractivity contribution < 1.29 is 0 Å². The SMILES string of the molecule is CCCn1ccc2nc3ccn(-c4cc(Cl)cc(Cl)c4)c(=O)c3cc2c1=O. The molecule has 5 nitrogen and oxygen atoms in total. The van der Waals surface area contributed by atoms with Crippen LogP contribution in [0, 0.1) is 0 Å². The Hall–Kier alpha value is -2.63. The van der Waals surface area contributed by atoms with Crippen molar-refractivity contribution in [2.45, 2.75) is 19.9 Å². The summed E-state index contributed by atoms with van der Waals surface area (Å²) in [6.07, 6.45) is 4.21. The van der Waals surface area contributed by atoms with E-state index in [9.17, 15) is 9.59 Å². The molecule has 0 saturated carbocycles. The van der Waals surface area contributed by atoms with E-state index in [1.54, 1.807) is 53.4 Å². The molecule has 0 aliphatic carbocycles. The van der Waals surface area contributed by atoms with Gasteiger partial charge in [-0.3, -0.25) is 14.2 Å². The van der Waals surface area contributed by atoms with Crippen molar-refractivity contribution in [3.05, 3.63) is 79.5 Å². The fraction of sp³-hybridized carbons (Fsp3) is 0.150. The third-order valence-electron chi connectivity index (χ3n) is 4.41. The molecule has 0 aliphatic rings. The van der Waals surface area contributed by atoms with Crippen LogP contribution in [-0.2, 0) is 6.54 Å². The van der Waals surface area contributed by atoms with Crippen LogP contribution in [0.2, 0.25) is 10.0 Å². The van der Waals surface area contributed by atoms with Crippen molar-refractivity contribution in [2.75, 3.05) is 0 Å². The van der Waals surface area contributed by atoms with Crippen molar-refractivity contribution in [2.24, 2.45) is 0 Å². The number of hydrogen-bond acceptors (Lipinski definition) is 3. The molecule has 0 amide bonds. The Bertz CT molecular complexity index is 1290. The molecule has 0 fully saturated rings. The third-order valence-corrected chi connectivity index (χ3v) is 4.84. The van der Waals surface area contributed by atoms with E-state index < -0.39 is 0 Å². The first-order valence-electron chi connectivity index (χ1n) is 8.50. The second-order valence-corrected chi connectivity index (χ2v) is 7.16. The lowest BCUT2D eigenvalue weighted by Gasteiger charge is -2.10. The van der Waals surface area contributed by atoms with Gasteiger partial charge in [0.25, 0.3) is 11.1 Å². The molecule has 0 atom stereocenters. The lowest BCUT2D eigenvalue weighted by molar-refractivity contribution is 0.659. The highest BCUT2D eigenvalue weighted by Crippen LogP contribution is 2.22. The number of fused-ring (bicyclic) bond motifs is 2.